The fourth-order valence-electron chi connectivity index (χ4n) is 2.68. The summed E-state index contributed by atoms with van der Waals surface area (Å²) in [6.07, 6.45) is 0. The largest absolute Gasteiger partial charge is 0.384 e. The van der Waals surface area contributed by atoms with Crippen molar-refractivity contribution in [1.29, 1.82) is 0 Å². The summed E-state index contributed by atoms with van der Waals surface area (Å²) in [7, 11) is 0. The first kappa shape index (κ1) is 24.1. The number of aliphatic hydroxyl groups is 1. The molecule has 0 aliphatic rings. The Morgan fingerprint density at radius 2 is 1.76 bits per heavy atom. The second-order valence-corrected chi connectivity index (χ2v) is 6.29. The Morgan fingerprint density at radius 1 is 1.16 bits per heavy atom. The van der Waals surface area contributed by atoms with Crippen molar-refractivity contribution < 1.29 is 5.11 Å². The second-order valence-electron chi connectivity index (χ2n) is 6.29. The lowest BCUT2D eigenvalue weighted by Crippen LogP contribution is -2.46. The standard InChI is InChI=1S/C19H34N4O.HI/c1-6-20-18(21-14-16(4)23(7-2)8-3)22-15-19(5,24)17-12-10-9-11-13-17;/h9-13,16,24H,6-8,14-15H2,1-5H3,(H2,20,21,22);1H. The van der Waals surface area contributed by atoms with Crippen molar-refractivity contribution in [1.82, 2.24) is 15.5 Å². The van der Waals surface area contributed by atoms with Crippen LogP contribution in [0.1, 0.15) is 40.2 Å². The van der Waals surface area contributed by atoms with Gasteiger partial charge in [0.05, 0.1) is 6.54 Å². The number of likely N-dealkylation sites (N-methyl/N-ethyl adjacent to an activating group) is 1. The molecule has 2 atom stereocenters. The highest BCUT2D eigenvalue weighted by Crippen LogP contribution is 2.20. The minimum absolute atomic E-state index is 0. The van der Waals surface area contributed by atoms with Crippen molar-refractivity contribution in [3.8, 4) is 0 Å². The Hall–Kier alpha value is -0.860. The van der Waals surface area contributed by atoms with Crippen LogP contribution in [0, 0.1) is 0 Å². The van der Waals surface area contributed by atoms with Gasteiger partial charge in [0.2, 0.25) is 0 Å². The van der Waals surface area contributed by atoms with Crippen LogP contribution in [0.5, 0.6) is 0 Å². The number of halogens is 1. The van der Waals surface area contributed by atoms with E-state index in [-0.39, 0.29) is 24.0 Å². The third-order valence-electron chi connectivity index (χ3n) is 4.29. The summed E-state index contributed by atoms with van der Waals surface area (Å²) in [5, 5.41) is 17.3. The summed E-state index contributed by atoms with van der Waals surface area (Å²) in [5.74, 6) is 0.743. The molecule has 0 amide bonds. The molecular formula is C19H35IN4O. The zero-order valence-electron chi connectivity index (χ0n) is 16.2. The molecule has 5 nitrogen and oxygen atoms in total. The fraction of sp³-hybridized carbons (Fsp3) is 0.632. The van der Waals surface area contributed by atoms with E-state index in [1.165, 1.54) is 0 Å². The SMILES string of the molecule is CCNC(=NCC(C)(O)c1ccccc1)NCC(C)N(CC)CC.I. The van der Waals surface area contributed by atoms with Gasteiger partial charge in [-0.1, -0.05) is 44.2 Å². The van der Waals surface area contributed by atoms with E-state index in [4.69, 9.17) is 0 Å². The van der Waals surface area contributed by atoms with Crippen molar-refractivity contribution >= 4 is 29.9 Å². The van der Waals surface area contributed by atoms with Gasteiger partial charge in [0.25, 0.3) is 0 Å². The Kier molecular flexibility index (Phi) is 12.1. The molecule has 0 saturated carbocycles. The first-order valence-corrected chi connectivity index (χ1v) is 8.98. The summed E-state index contributed by atoms with van der Waals surface area (Å²) < 4.78 is 0. The predicted octanol–water partition coefficient (Wildman–Crippen LogP) is 2.80. The lowest BCUT2D eigenvalue weighted by atomic mass is 9.96. The van der Waals surface area contributed by atoms with Crippen LogP contribution in [0.2, 0.25) is 0 Å². The quantitative estimate of drug-likeness (QED) is 0.300. The summed E-state index contributed by atoms with van der Waals surface area (Å²) >= 11 is 0. The maximum Gasteiger partial charge on any atom is 0.191 e. The van der Waals surface area contributed by atoms with Crippen molar-refractivity contribution in [3.05, 3.63) is 35.9 Å². The number of hydrogen-bond acceptors (Lipinski definition) is 3. The molecular weight excluding hydrogens is 427 g/mol. The van der Waals surface area contributed by atoms with Crippen molar-refractivity contribution in [2.24, 2.45) is 4.99 Å². The Balaban J connectivity index is 0.00000576. The average Bonchev–Trinajstić information content (AvgIpc) is 2.59. The zero-order valence-corrected chi connectivity index (χ0v) is 18.6. The molecule has 1 rings (SSSR count). The van der Waals surface area contributed by atoms with Gasteiger partial charge < -0.3 is 15.7 Å². The minimum atomic E-state index is -0.978. The molecule has 3 N–H and O–H groups in total. The monoisotopic (exact) mass is 462 g/mol. The van der Waals surface area contributed by atoms with E-state index in [1.807, 2.05) is 37.3 Å². The Labute approximate surface area is 170 Å². The summed E-state index contributed by atoms with van der Waals surface area (Å²) in [4.78, 5) is 6.97. The molecule has 0 saturated heterocycles. The number of benzene rings is 1. The molecule has 6 heteroatoms. The van der Waals surface area contributed by atoms with Crippen LogP contribution >= 0.6 is 24.0 Å². The average molecular weight is 462 g/mol. The predicted molar refractivity (Wildman–Crippen MR) is 118 cm³/mol. The molecule has 0 fully saturated rings. The molecule has 0 aromatic heterocycles. The van der Waals surface area contributed by atoms with E-state index in [0.29, 0.717) is 12.6 Å². The summed E-state index contributed by atoms with van der Waals surface area (Å²) in [6, 6.07) is 10.1. The highest BCUT2D eigenvalue weighted by Gasteiger charge is 2.22. The third-order valence-corrected chi connectivity index (χ3v) is 4.29. The molecule has 0 aliphatic carbocycles. The Bertz CT molecular complexity index is 489. The number of rotatable bonds is 9. The minimum Gasteiger partial charge on any atom is -0.384 e. The van der Waals surface area contributed by atoms with E-state index in [9.17, 15) is 5.11 Å². The summed E-state index contributed by atoms with van der Waals surface area (Å²) in [6.45, 7) is 14.4. The number of aliphatic imine (C=N–C) groups is 1. The molecule has 0 radical (unpaired) electrons. The smallest absolute Gasteiger partial charge is 0.191 e. The van der Waals surface area contributed by atoms with Gasteiger partial charge in [0.15, 0.2) is 5.96 Å². The van der Waals surface area contributed by atoms with Gasteiger partial charge in [-0.3, -0.25) is 4.90 Å². The lowest BCUT2D eigenvalue weighted by Gasteiger charge is -2.27. The van der Waals surface area contributed by atoms with Gasteiger partial charge in [-0.2, -0.15) is 0 Å². The van der Waals surface area contributed by atoms with E-state index < -0.39 is 5.60 Å². The molecule has 0 aliphatic heterocycles. The third kappa shape index (κ3) is 8.37. The van der Waals surface area contributed by atoms with Crippen LogP contribution in [0.3, 0.4) is 0 Å². The van der Waals surface area contributed by atoms with Gasteiger partial charge in [-0.25, -0.2) is 4.99 Å². The van der Waals surface area contributed by atoms with Crippen LogP contribution in [-0.2, 0) is 5.60 Å². The molecule has 144 valence electrons. The van der Waals surface area contributed by atoms with Gasteiger partial charge in [0.1, 0.15) is 5.60 Å². The zero-order chi connectivity index (χ0) is 18.0. The molecule has 0 heterocycles. The van der Waals surface area contributed by atoms with Crippen LogP contribution in [0.4, 0.5) is 0 Å². The normalized spacial score (nSPS) is 15.2. The van der Waals surface area contributed by atoms with E-state index in [2.05, 4.69) is 41.3 Å². The van der Waals surface area contributed by atoms with Gasteiger partial charge in [0, 0.05) is 19.1 Å². The van der Waals surface area contributed by atoms with Gasteiger partial charge in [-0.05, 0) is 39.4 Å². The molecule has 1 aromatic carbocycles. The van der Waals surface area contributed by atoms with Crippen LogP contribution in [0.25, 0.3) is 0 Å². The first-order chi connectivity index (χ1) is 11.4. The molecule has 2 unspecified atom stereocenters. The number of hydrogen-bond donors (Lipinski definition) is 3. The van der Waals surface area contributed by atoms with E-state index >= 15 is 0 Å². The topological polar surface area (TPSA) is 59.9 Å². The van der Waals surface area contributed by atoms with E-state index in [1.54, 1.807) is 6.92 Å². The highest BCUT2D eigenvalue weighted by molar-refractivity contribution is 14.0. The Morgan fingerprint density at radius 3 is 2.28 bits per heavy atom. The maximum atomic E-state index is 10.7. The highest BCUT2D eigenvalue weighted by atomic mass is 127. The lowest BCUT2D eigenvalue weighted by molar-refractivity contribution is 0.0672. The second kappa shape index (κ2) is 12.5. The number of guanidine groups is 1. The van der Waals surface area contributed by atoms with Crippen LogP contribution in [0.15, 0.2) is 35.3 Å². The van der Waals surface area contributed by atoms with E-state index in [0.717, 1.165) is 37.7 Å². The van der Waals surface area contributed by atoms with Gasteiger partial charge >= 0.3 is 0 Å². The molecule has 25 heavy (non-hydrogen) atoms. The van der Waals surface area contributed by atoms with Crippen molar-refractivity contribution in [2.75, 3.05) is 32.7 Å². The van der Waals surface area contributed by atoms with Gasteiger partial charge in [-0.15, -0.1) is 24.0 Å². The van der Waals surface area contributed by atoms with Crippen molar-refractivity contribution in [2.45, 2.75) is 46.3 Å². The van der Waals surface area contributed by atoms with Crippen LogP contribution in [-0.4, -0.2) is 54.7 Å². The molecule has 0 spiro atoms. The molecule has 0 bridgehead atoms. The summed E-state index contributed by atoms with van der Waals surface area (Å²) in [5.41, 5.74) is -0.102. The van der Waals surface area contributed by atoms with Crippen molar-refractivity contribution in [3.63, 3.8) is 0 Å². The number of nitrogens with zero attached hydrogens (tertiary/aromatic N) is 2. The molecule has 1 aromatic rings. The van der Waals surface area contributed by atoms with Crippen LogP contribution < -0.4 is 10.6 Å². The first-order valence-electron chi connectivity index (χ1n) is 8.98. The maximum absolute atomic E-state index is 10.7. The fourth-order valence-corrected chi connectivity index (χ4v) is 2.68. The number of nitrogens with one attached hydrogen (secondary N) is 2.